The standard InChI is InChI=1S/C15H12N2O3S3/c1-20-15-16-7-8(23-15)3-4-10(18)11-12(21-2)9-5-6-22-14(9)17-13(11)19/h3-7H,1-2H3,(H,17,19)/b4-3+. The molecule has 0 saturated carbocycles. The van der Waals surface area contributed by atoms with Crippen molar-refractivity contribution in [3.8, 4) is 5.19 Å². The van der Waals surface area contributed by atoms with E-state index in [1.165, 1.54) is 47.6 Å². The van der Waals surface area contributed by atoms with Crippen molar-refractivity contribution in [1.82, 2.24) is 9.97 Å². The average Bonchev–Trinajstić information content (AvgIpc) is 3.19. The van der Waals surface area contributed by atoms with Gasteiger partial charge in [-0.15, -0.1) is 23.1 Å². The van der Waals surface area contributed by atoms with Crippen LogP contribution in [-0.2, 0) is 0 Å². The van der Waals surface area contributed by atoms with Gasteiger partial charge in [0.25, 0.3) is 10.8 Å². The third kappa shape index (κ3) is 3.10. The number of hydrogen-bond donors (Lipinski definition) is 1. The summed E-state index contributed by atoms with van der Waals surface area (Å²) in [7, 11) is 1.54. The summed E-state index contributed by atoms with van der Waals surface area (Å²) < 4.78 is 5.01. The van der Waals surface area contributed by atoms with Gasteiger partial charge in [0.1, 0.15) is 10.4 Å². The van der Waals surface area contributed by atoms with Crippen molar-refractivity contribution < 1.29 is 9.53 Å². The number of carbonyl (C=O) groups is 1. The van der Waals surface area contributed by atoms with E-state index in [0.29, 0.717) is 10.1 Å². The maximum Gasteiger partial charge on any atom is 0.273 e. The molecule has 0 unspecified atom stereocenters. The number of rotatable bonds is 5. The fourth-order valence-corrected chi connectivity index (χ4v) is 4.38. The molecule has 0 amide bonds. The molecular formula is C15H12N2O3S3. The normalized spacial score (nSPS) is 11.4. The highest BCUT2D eigenvalue weighted by atomic mass is 32.2. The minimum atomic E-state index is -0.360. The Bertz CT molecular complexity index is 952. The molecule has 0 aliphatic heterocycles. The van der Waals surface area contributed by atoms with Gasteiger partial charge in [0.05, 0.1) is 12.0 Å². The zero-order valence-electron chi connectivity index (χ0n) is 12.3. The van der Waals surface area contributed by atoms with Crippen LogP contribution in [0, 0.1) is 0 Å². The third-order valence-corrected chi connectivity index (χ3v) is 5.70. The highest BCUT2D eigenvalue weighted by Crippen LogP contribution is 2.30. The lowest BCUT2D eigenvalue weighted by atomic mass is 10.1. The van der Waals surface area contributed by atoms with Crippen molar-refractivity contribution in [3.63, 3.8) is 0 Å². The second-order valence-electron chi connectivity index (χ2n) is 4.46. The summed E-state index contributed by atoms with van der Waals surface area (Å²) in [6.45, 7) is 0. The second kappa shape index (κ2) is 6.69. The van der Waals surface area contributed by atoms with Gasteiger partial charge in [-0.25, -0.2) is 4.98 Å². The molecule has 0 aliphatic carbocycles. The quantitative estimate of drug-likeness (QED) is 0.425. The molecular weight excluding hydrogens is 352 g/mol. The van der Waals surface area contributed by atoms with Crippen LogP contribution in [0.25, 0.3) is 16.3 Å². The summed E-state index contributed by atoms with van der Waals surface area (Å²) >= 11 is 4.18. The number of ether oxygens (including phenoxy) is 1. The lowest BCUT2D eigenvalue weighted by molar-refractivity contribution is 0.104. The Morgan fingerprint density at radius 2 is 2.30 bits per heavy atom. The first-order valence-electron chi connectivity index (χ1n) is 6.53. The van der Waals surface area contributed by atoms with Crippen LogP contribution >= 0.6 is 34.4 Å². The summed E-state index contributed by atoms with van der Waals surface area (Å²) in [5.74, 6) is -0.323. The maximum atomic E-state index is 12.5. The van der Waals surface area contributed by atoms with Crippen molar-refractivity contribution in [3.05, 3.63) is 44.5 Å². The Kier molecular flexibility index (Phi) is 4.65. The number of hydrogen-bond acceptors (Lipinski definition) is 7. The fraction of sp³-hybridized carbons (Fsp3) is 0.133. The Hall–Kier alpha value is -1.90. The van der Waals surface area contributed by atoms with Gasteiger partial charge in [0.2, 0.25) is 0 Å². The molecule has 0 aromatic carbocycles. The summed E-state index contributed by atoms with van der Waals surface area (Å²) in [6, 6.07) is 1.91. The molecule has 1 N–H and O–H groups in total. The molecule has 0 atom stereocenters. The molecule has 0 fully saturated rings. The van der Waals surface area contributed by atoms with E-state index in [0.717, 1.165) is 15.1 Å². The van der Waals surface area contributed by atoms with E-state index < -0.39 is 0 Å². The van der Waals surface area contributed by atoms with Crippen LogP contribution in [0.4, 0.5) is 0 Å². The van der Waals surface area contributed by atoms with Crippen LogP contribution in [0.2, 0.25) is 0 Å². The number of ketones is 1. The van der Waals surface area contributed by atoms with E-state index in [2.05, 4.69) is 9.97 Å². The number of aromatic amines is 1. The summed E-state index contributed by atoms with van der Waals surface area (Å²) in [6.07, 6.45) is 6.52. The van der Waals surface area contributed by atoms with Gasteiger partial charge >= 0.3 is 0 Å². The monoisotopic (exact) mass is 364 g/mol. The first kappa shape index (κ1) is 16.0. The number of nitrogens with zero attached hydrogens (tertiary/aromatic N) is 1. The maximum absolute atomic E-state index is 12.5. The highest BCUT2D eigenvalue weighted by Gasteiger charge is 2.17. The number of H-pyrrole nitrogens is 1. The van der Waals surface area contributed by atoms with E-state index in [1.54, 1.807) is 12.3 Å². The number of fused-ring (bicyclic) bond motifs is 1. The lowest BCUT2D eigenvalue weighted by Crippen LogP contribution is -2.17. The molecule has 3 rings (SSSR count). The second-order valence-corrected chi connectivity index (χ2v) is 7.21. The van der Waals surface area contributed by atoms with Crippen LogP contribution < -0.4 is 10.3 Å². The Balaban J connectivity index is 2.00. The van der Waals surface area contributed by atoms with Crippen molar-refractivity contribution in [2.24, 2.45) is 0 Å². The number of thiophene rings is 1. The predicted octanol–water partition coefficient (Wildman–Crippen LogP) is 3.67. The SMILES string of the molecule is COc1ncc(/C=C/C(=O)c2c(SC)c3ccsc3[nH]c2=O)s1. The Morgan fingerprint density at radius 3 is 3.00 bits per heavy atom. The smallest absolute Gasteiger partial charge is 0.273 e. The van der Waals surface area contributed by atoms with Crippen LogP contribution in [0.5, 0.6) is 5.19 Å². The zero-order valence-corrected chi connectivity index (χ0v) is 14.7. The van der Waals surface area contributed by atoms with Crippen LogP contribution in [-0.4, -0.2) is 29.1 Å². The molecule has 0 bridgehead atoms. The number of nitrogens with one attached hydrogen (secondary N) is 1. The fourth-order valence-electron chi connectivity index (χ4n) is 2.11. The number of thioether (sulfide) groups is 1. The topological polar surface area (TPSA) is 72.0 Å². The lowest BCUT2D eigenvalue weighted by Gasteiger charge is -2.04. The van der Waals surface area contributed by atoms with Gasteiger partial charge in [0, 0.05) is 16.5 Å². The van der Waals surface area contributed by atoms with E-state index in [9.17, 15) is 9.59 Å². The van der Waals surface area contributed by atoms with Crippen LogP contribution in [0.15, 0.2) is 33.4 Å². The largest absolute Gasteiger partial charge is 0.473 e. The van der Waals surface area contributed by atoms with Crippen molar-refractivity contribution in [2.45, 2.75) is 4.90 Å². The molecule has 3 heterocycles. The zero-order chi connectivity index (χ0) is 16.4. The molecule has 0 radical (unpaired) electrons. The molecule has 0 aliphatic rings. The molecule has 5 nitrogen and oxygen atoms in total. The number of thiazole rings is 1. The first-order chi connectivity index (χ1) is 11.1. The van der Waals surface area contributed by atoms with Gasteiger partial charge in [-0.2, -0.15) is 0 Å². The Morgan fingerprint density at radius 1 is 1.48 bits per heavy atom. The van der Waals surface area contributed by atoms with Crippen LogP contribution in [0.1, 0.15) is 15.2 Å². The van der Waals surface area contributed by atoms with E-state index >= 15 is 0 Å². The molecule has 8 heteroatoms. The predicted molar refractivity (Wildman–Crippen MR) is 96.3 cm³/mol. The minimum absolute atomic E-state index is 0.177. The van der Waals surface area contributed by atoms with Crippen molar-refractivity contribution in [2.75, 3.05) is 13.4 Å². The number of methoxy groups -OCH3 is 1. The van der Waals surface area contributed by atoms with Gasteiger partial charge in [-0.1, -0.05) is 11.3 Å². The van der Waals surface area contributed by atoms with Gasteiger partial charge in [-0.05, 0) is 29.9 Å². The summed E-state index contributed by atoms with van der Waals surface area (Å²) in [5.41, 5.74) is -0.183. The number of allylic oxidation sites excluding steroid dienone is 1. The molecule has 23 heavy (non-hydrogen) atoms. The van der Waals surface area contributed by atoms with E-state index in [-0.39, 0.29) is 16.9 Å². The van der Waals surface area contributed by atoms with E-state index in [1.807, 2.05) is 17.7 Å². The van der Waals surface area contributed by atoms with Crippen molar-refractivity contribution in [1.29, 1.82) is 0 Å². The van der Waals surface area contributed by atoms with Gasteiger partial charge in [0.15, 0.2) is 5.78 Å². The third-order valence-electron chi connectivity index (χ3n) is 3.12. The molecule has 3 aromatic rings. The Labute approximate surface area is 144 Å². The van der Waals surface area contributed by atoms with Crippen molar-refractivity contribution >= 4 is 56.5 Å². The molecule has 0 spiro atoms. The first-order valence-corrected chi connectivity index (χ1v) is 9.46. The molecule has 0 saturated heterocycles. The summed E-state index contributed by atoms with van der Waals surface area (Å²) in [5, 5.41) is 3.33. The molecule has 118 valence electrons. The van der Waals surface area contributed by atoms with Gasteiger partial charge in [-0.3, -0.25) is 9.59 Å². The number of pyridine rings is 1. The van der Waals surface area contributed by atoms with Crippen LogP contribution in [0.3, 0.4) is 0 Å². The minimum Gasteiger partial charge on any atom is -0.473 e. The molecule has 3 aromatic heterocycles. The highest BCUT2D eigenvalue weighted by molar-refractivity contribution is 7.99. The van der Waals surface area contributed by atoms with E-state index in [4.69, 9.17) is 4.74 Å². The number of carbonyl (C=O) groups excluding carboxylic acids is 1. The summed E-state index contributed by atoms with van der Waals surface area (Å²) in [4.78, 5) is 33.8. The van der Waals surface area contributed by atoms with Gasteiger partial charge < -0.3 is 9.72 Å². The number of aromatic nitrogens is 2. The average molecular weight is 364 g/mol.